The Bertz CT molecular complexity index is 469. The normalized spacial score (nSPS) is 14.1. The van der Waals surface area contributed by atoms with Crippen LogP contribution in [0.25, 0.3) is 0 Å². The molecule has 1 aliphatic carbocycles. The zero-order valence-electron chi connectivity index (χ0n) is 11.6. The van der Waals surface area contributed by atoms with E-state index in [1.165, 1.54) is 11.8 Å². The maximum atomic E-state index is 11.8. The molecule has 108 valence electrons. The zero-order chi connectivity index (χ0) is 14.4. The summed E-state index contributed by atoms with van der Waals surface area (Å²) in [5.74, 6) is 0.865. The summed E-state index contributed by atoms with van der Waals surface area (Å²) in [6.45, 7) is 1.05. The lowest BCUT2D eigenvalue weighted by Crippen LogP contribution is -2.28. The molecule has 1 aromatic carbocycles. The second-order valence-electron chi connectivity index (χ2n) is 4.79. The number of carbonyl (C=O) groups excluding carboxylic acids is 2. The number of Topliss-reactive ketones (excluding diaryl/α,β-unsaturated/α-hetero) is 1. The second-order valence-corrected chi connectivity index (χ2v) is 5.84. The molecular weight excluding hydrogens is 274 g/mol. The summed E-state index contributed by atoms with van der Waals surface area (Å²) in [4.78, 5) is 24.4. The van der Waals surface area contributed by atoms with E-state index in [9.17, 15) is 9.59 Å². The van der Waals surface area contributed by atoms with Gasteiger partial charge >= 0.3 is 0 Å². The van der Waals surface area contributed by atoms with Gasteiger partial charge in [0.25, 0.3) is 0 Å². The fourth-order valence-electron chi connectivity index (χ4n) is 1.79. The Labute approximate surface area is 123 Å². The van der Waals surface area contributed by atoms with Crippen LogP contribution in [-0.2, 0) is 9.53 Å². The molecule has 0 unspecified atom stereocenters. The Hall–Kier alpha value is -1.33. The number of carbonyl (C=O) groups is 2. The summed E-state index contributed by atoms with van der Waals surface area (Å²) < 4.78 is 4.86. The summed E-state index contributed by atoms with van der Waals surface area (Å²) >= 11 is 1.47. The number of hydrogen-bond acceptors (Lipinski definition) is 4. The summed E-state index contributed by atoms with van der Waals surface area (Å²) in [5.41, 5.74) is 0.779. The van der Waals surface area contributed by atoms with Gasteiger partial charge in [-0.05, 0) is 25.0 Å². The van der Waals surface area contributed by atoms with Crippen LogP contribution in [0.15, 0.2) is 29.2 Å². The zero-order valence-corrected chi connectivity index (χ0v) is 12.4. The quantitative estimate of drug-likeness (QED) is 0.453. The van der Waals surface area contributed by atoms with E-state index in [0.717, 1.165) is 23.3 Å². The van der Waals surface area contributed by atoms with Crippen molar-refractivity contribution >= 4 is 23.5 Å². The minimum absolute atomic E-state index is 0.00909. The molecule has 1 aliphatic rings. The van der Waals surface area contributed by atoms with Gasteiger partial charge < -0.3 is 10.1 Å². The van der Waals surface area contributed by atoms with Gasteiger partial charge in [0, 0.05) is 30.0 Å². The number of rotatable bonds is 8. The van der Waals surface area contributed by atoms with Gasteiger partial charge in [-0.1, -0.05) is 12.1 Å². The lowest BCUT2D eigenvalue weighted by atomic mass is 10.1. The summed E-state index contributed by atoms with van der Waals surface area (Å²) in [7, 11) is 1.60. The van der Waals surface area contributed by atoms with Crippen LogP contribution < -0.4 is 5.32 Å². The number of thioether (sulfide) groups is 1. The maximum Gasteiger partial charge on any atom is 0.230 e. The third kappa shape index (κ3) is 4.65. The third-order valence-corrected chi connectivity index (χ3v) is 4.10. The maximum absolute atomic E-state index is 11.8. The van der Waals surface area contributed by atoms with Crippen molar-refractivity contribution in [2.24, 2.45) is 5.92 Å². The van der Waals surface area contributed by atoms with E-state index in [1.807, 2.05) is 24.3 Å². The average Bonchev–Trinajstić information content (AvgIpc) is 3.30. The van der Waals surface area contributed by atoms with Crippen molar-refractivity contribution in [3.63, 3.8) is 0 Å². The molecule has 1 N–H and O–H groups in total. The fraction of sp³-hybridized carbons (Fsp3) is 0.467. The van der Waals surface area contributed by atoms with Crippen molar-refractivity contribution in [1.29, 1.82) is 0 Å². The first-order valence-corrected chi connectivity index (χ1v) is 7.72. The molecule has 0 bridgehead atoms. The molecule has 5 heteroatoms. The standard InChI is InChI=1S/C15H19NO3S/c1-19-9-8-16-14(17)10-20-13-6-4-12(5-7-13)15(18)11-2-3-11/h4-7,11H,2-3,8-10H2,1H3,(H,16,17). The summed E-state index contributed by atoms with van der Waals surface area (Å²) in [5, 5.41) is 2.77. The topological polar surface area (TPSA) is 55.4 Å². The molecule has 20 heavy (non-hydrogen) atoms. The van der Waals surface area contributed by atoms with Crippen LogP contribution >= 0.6 is 11.8 Å². The monoisotopic (exact) mass is 293 g/mol. The summed E-state index contributed by atoms with van der Waals surface area (Å²) in [6.07, 6.45) is 2.05. The van der Waals surface area contributed by atoms with Crippen molar-refractivity contribution < 1.29 is 14.3 Å². The van der Waals surface area contributed by atoms with E-state index in [-0.39, 0.29) is 17.6 Å². The van der Waals surface area contributed by atoms with Gasteiger partial charge in [0.15, 0.2) is 5.78 Å². The van der Waals surface area contributed by atoms with E-state index in [0.29, 0.717) is 18.9 Å². The molecule has 1 amide bonds. The number of amides is 1. The SMILES string of the molecule is COCCNC(=O)CSc1ccc(C(=O)C2CC2)cc1. The first kappa shape index (κ1) is 15.1. The van der Waals surface area contributed by atoms with Gasteiger partial charge in [-0.2, -0.15) is 0 Å². The molecule has 0 atom stereocenters. The molecule has 2 rings (SSSR count). The van der Waals surface area contributed by atoms with E-state index >= 15 is 0 Å². The van der Waals surface area contributed by atoms with Crippen LogP contribution in [0, 0.1) is 5.92 Å². The Morgan fingerprint density at radius 3 is 2.60 bits per heavy atom. The van der Waals surface area contributed by atoms with E-state index in [2.05, 4.69) is 5.32 Å². The van der Waals surface area contributed by atoms with Crippen molar-refractivity contribution in [2.75, 3.05) is 26.0 Å². The van der Waals surface area contributed by atoms with Crippen LogP contribution in [-0.4, -0.2) is 37.7 Å². The van der Waals surface area contributed by atoms with E-state index in [4.69, 9.17) is 4.74 Å². The Morgan fingerprint density at radius 2 is 2.00 bits per heavy atom. The van der Waals surface area contributed by atoms with Crippen molar-refractivity contribution in [3.8, 4) is 0 Å². The molecule has 1 saturated carbocycles. The van der Waals surface area contributed by atoms with Crippen LogP contribution in [0.3, 0.4) is 0 Å². The van der Waals surface area contributed by atoms with Crippen LogP contribution in [0.5, 0.6) is 0 Å². The van der Waals surface area contributed by atoms with Gasteiger partial charge in [-0.3, -0.25) is 9.59 Å². The molecule has 0 aliphatic heterocycles. The van der Waals surface area contributed by atoms with E-state index in [1.54, 1.807) is 7.11 Å². The predicted molar refractivity (Wildman–Crippen MR) is 79.1 cm³/mol. The first-order valence-electron chi connectivity index (χ1n) is 6.73. The van der Waals surface area contributed by atoms with Crippen molar-refractivity contribution in [2.45, 2.75) is 17.7 Å². The summed E-state index contributed by atoms with van der Waals surface area (Å²) in [6, 6.07) is 7.52. The highest BCUT2D eigenvalue weighted by molar-refractivity contribution is 8.00. The molecule has 0 aromatic heterocycles. The second kappa shape index (κ2) is 7.45. The van der Waals surface area contributed by atoms with Gasteiger partial charge in [0.1, 0.15) is 0 Å². The third-order valence-electron chi connectivity index (χ3n) is 3.09. The molecule has 0 radical (unpaired) electrons. The first-order chi connectivity index (χ1) is 9.70. The van der Waals surface area contributed by atoms with Crippen molar-refractivity contribution in [3.05, 3.63) is 29.8 Å². The number of nitrogens with one attached hydrogen (secondary N) is 1. The van der Waals surface area contributed by atoms with Gasteiger partial charge in [0.2, 0.25) is 5.91 Å². The molecule has 0 saturated heterocycles. The minimum Gasteiger partial charge on any atom is -0.383 e. The predicted octanol–water partition coefficient (Wildman–Crippen LogP) is 2.13. The molecule has 1 aromatic rings. The Kier molecular flexibility index (Phi) is 5.61. The largest absolute Gasteiger partial charge is 0.383 e. The van der Waals surface area contributed by atoms with E-state index < -0.39 is 0 Å². The van der Waals surface area contributed by atoms with Gasteiger partial charge in [-0.15, -0.1) is 11.8 Å². The number of hydrogen-bond donors (Lipinski definition) is 1. The smallest absolute Gasteiger partial charge is 0.230 e. The lowest BCUT2D eigenvalue weighted by Gasteiger charge is -2.05. The molecule has 0 heterocycles. The molecular formula is C15H19NO3S. The fourth-order valence-corrected chi connectivity index (χ4v) is 2.52. The number of ether oxygens (including phenoxy) is 1. The lowest BCUT2D eigenvalue weighted by molar-refractivity contribution is -0.118. The molecule has 1 fully saturated rings. The average molecular weight is 293 g/mol. The van der Waals surface area contributed by atoms with Crippen LogP contribution in [0.2, 0.25) is 0 Å². The minimum atomic E-state index is -0.00909. The van der Waals surface area contributed by atoms with Crippen LogP contribution in [0.1, 0.15) is 23.2 Å². The van der Waals surface area contributed by atoms with Gasteiger partial charge in [-0.25, -0.2) is 0 Å². The highest BCUT2D eigenvalue weighted by Crippen LogP contribution is 2.32. The van der Waals surface area contributed by atoms with Gasteiger partial charge in [0.05, 0.1) is 12.4 Å². The Balaban J connectivity index is 1.75. The highest BCUT2D eigenvalue weighted by atomic mass is 32.2. The van der Waals surface area contributed by atoms with Crippen molar-refractivity contribution in [1.82, 2.24) is 5.32 Å². The van der Waals surface area contributed by atoms with Crippen LogP contribution in [0.4, 0.5) is 0 Å². The molecule has 4 nitrogen and oxygen atoms in total. The number of methoxy groups -OCH3 is 1. The highest BCUT2D eigenvalue weighted by Gasteiger charge is 2.30. The number of ketones is 1. The molecule has 0 spiro atoms. The number of benzene rings is 1. The Morgan fingerprint density at radius 1 is 1.30 bits per heavy atom.